The lowest BCUT2D eigenvalue weighted by molar-refractivity contribution is 0.0699. The van der Waals surface area contributed by atoms with Crippen molar-refractivity contribution in [1.29, 1.82) is 0 Å². The maximum atomic E-state index is 13.2. The highest BCUT2D eigenvalue weighted by molar-refractivity contribution is 6.04. The van der Waals surface area contributed by atoms with Crippen molar-refractivity contribution in [2.75, 3.05) is 0 Å². The summed E-state index contributed by atoms with van der Waals surface area (Å²) in [5.74, 6) is -0.949. The largest absolute Gasteiger partial charge is 0.489 e. The third kappa shape index (κ3) is 2.53. The Kier molecular flexibility index (Phi) is 3.55. The first kappa shape index (κ1) is 14.1. The van der Waals surface area contributed by atoms with Gasteiger partial charge in [-0.05, 0) is 24.3 Å². The number of benzene rings is 2. The predicted molar refractivity (Wildman–Crippen MR) is 80.6 cm³/mol. The molecule has 0 saturated heterocycles. The van der Waals surface area contributed by atoms with Gasteiger partial charge in [0.2, 0.25) is 0 Å². The van der Waals surface area contributed by atoms with Gasteiger partial charge < -0.3 is 14.4 Å². The third-order valence-corrected chi connectivity index (χ3v) is 3.51. The number of fused-ring (bicyclic) bond motifs is 1. The van der Waals surface area contributed by atoms with Crippen molar-refractivity contribution in [3.63, 3.8) is 0 Å². The molecule has 0 unspecified atom stereocenters. The zero-order valence-corrected chi connectivity index (χ0v) is 11.9. The summed E-state index contributed by atoms with van der Waals surface area (Å²) in [7, 11) is 1.85. The average molecular weight is 299 g/mol. The van der Waals surface area contributed by atoms with Crippen LogP contribution in [0.4, 0.5) is 4.39 Å². The van der Waals surface area contributed by atoms with Crippen molar-refractivity contribution in [2.45, 2.75) is 6.61 Å². The summed E-state index contributed by atoms with van der Waals surface area (Å²) in [6.45, 7) is 0.172. The van der Waals surface area contributed by atoms with Crippen molar-refractivity contribution >= 4 is 16.9 Å². The summed E-state index contributed by atoms with van der Waals surface area (Å²) in [5, 5.41) is 9.99. The van der Waals surface area contributed by atoms with E-state index in [0.29, 0.717) is 11.1 Å². The van der Waals surface area contributed by atoms with E-state index in [1.807, 2.05) is 23.9 Å². The van der Waals surface area contributed by atoms with Gasteiger partial charge in [0.05, 0.1) is 5.56 Å². The van der Waals surface area contributed by atoms with Gasteiger partial charge in [-0.3, -0.25) is 0 Å². The van der Waals surface area contributed by atoms with Crippen LogP contribution in [-0.2, 0) is 13.7 Å². The van der Waals surface area contributed by atoms with Crippen LogP contribution in [0, 0.1) is 5.82 Å². The van der Waals surface area contributed by atoms with Crippen LogP contribution >= 0.6 is 0 Å². The van der Waals surface area contributed by atoms with Crippen LogP contribution in [0.1, 0.15) is 15.9 Å². The molecule has 1 aromatic heterocycles. The third-order valence-electron chi connectivity index (χ3n) is 3.51. The van der Waals surface area contributed by atoms with E-state index in [4.69, 9.17) is 4.74 Å². The highest BCUT2D eigenvalue weighted by Crippen LogP contribution is 2.26. The van der Waals surface area contributed by atoms with Crippen LogP contribution in [0.5, 0.6) is 5.75 Å². The van der Waals surface area contributed by atoms with E-state index >= 15 is 0 Å². The molecular formula is C17H14FNO3. The van der Waals surface area contributed by atoms with Crippen molar-refractivity contribution in [3.05, 3.63) is 65.6 Å². The maximum absolute atomic E-state index is 13.2. The van der Waals surface area contributed by atoms with Crippen LogP contribution in [0.2, 0.25) is 0 Å². The number of carboxylic acid groups (broad SMARTS) is 1. The zero-order chi connectivity index (χ0) is 15.7. The van der Waals surface area contributed by atoms with Gasteiger partial charge in [-0.1, -0.05) is 12.1 Å². The molecule has 0 fully saturated rings. The number of rotatable bonds is 4. The first-order valence-corrected chi connectivity index (χ1v) is 6.75. The number of aromatic nitrogens is 1. The minimum atomic E-state index is -0.983. The summed E-state index contributed by atoms with van der Waals surface area (Å²) >= 11 is 0. The quantitative estimate of drug-likeness (QED) is 0.801. The molecule has 0 aliphatic rings. The molecule has 0 spiro atoms. The molecule has 1 N–H and O–H groups in total. The first-order chi connectivity index (χ1) is 10.6. The molecule has 0 saturated carbocycles. The van der Waals surface area contributed by atoms with Gasteiger partial charge in [0, 0.05) is 35.8 Å². The molecule has 1 heterocycles. The van der Waals surface area contributed by atoms with Crippen LogP contribution in [0.3, 0.4) is 0 Å². The molecular weight excluding hydrogens is 285 g/mol. The number of carboxylic acids is 1. The fourth-order valence-corrected chi connectivity index (χ4v) is 2.54. The normalized spacial score (nSPS) is 10.8. The molecule has 3 aromatic rings. The van der Waals surface area contributed by atoms with E-state index in [0.717, 1.165) is 11.1 Å². The molecule has 3 rings (SSSR count). The van der Waals surface area contributed by atoms with Gasteiger partial charge in [-0.2, -0.15) is 0 Å². The minimum Gasteiger partial charge on any atom is -0.489 e. The standard InChI is InChI=1S/C17H14FNO3/c1-19-9-11(10-22-13-5-2-4-12(18)8-13)16-14(17(20)21)6-3-7-15(16)19/h2-9H,10H2,1H3,(H,20,21). The lowest BCUT2D eigenvalue weighted by Gasteiger charge is -2.06. The van der Waals surface area contributed by atoms with E-state index in [1.165, 1.54) is 12.1 Å². The van der Waals surface area contributed by atoms with E-state index in [1.54, 1.807) is 24.3 Å². The van der Waals surface area contributed by atoms with E-state index in [2.05, 4.69) is 0 Å². The fraction of sp³-hybridized carbons (Fsp3) is 0.118. The lowest BCUT2D eigenvalue weighted by Crippen LogP contribution is -2.00. The molecule has 0 radical (unpaired) electrons. The second-order valence-electron chi connectivity index (χ2n) is 5.02. The molecule has 5 heteroatoms. The van der Waals surface area contributed by atoms with Gasteiger partial charge in [-0.25, -0.2) is 9.18 Å². The molecule has 22 heavy (non-hydrogen) atoms. The van der Waals surface area contributed by atoms with Gasteiger partial charge in [0.1, 0.15) is 18.2 Å². The number of carbonyl (C=O) groups is 1. The zero-order valence-electron chi connectivity index (χ0n) is 11.9. The molecule has 0 aliphatic heterocycles. The van der Waals surface area contributed by atoms with Crippen LogP contribution in [0.25, 0.3) is 10.9 Å². The fourth-order valence-electron chi connectivity index (χ4n) is 2.54. The van der Waals surface area contributed by atoms with E-state index in [9.17, 15) is 14.3 Å². The van der Waals surface area contributed by atoms with E-state index < -0.39 is 5.97 Å². The SMILES string of the molecule is Cn1cc(COc2cccc(F)c2)c2c(C(=O)O)cccc21. The van der Waals surface area contributed by atoms with Crippen molar-refractivity contribution < 1.29 is 19.0 Å². The van der Waals surface area contributed by atoms with Crippen LogP contribution in [-0.4, -0.2) is 15.6 Å². The summed E-state index contributed by atoms with van der Waals surface area (Å²) in [5.41, 5.74) is 1.80. The number of aromatic carboxylic acids is 1. The summed E-state index contributed by atoms with van der Waals surface area (Å²) in [6.07, 6.45) is 1.83. The van der Waals surface area contributed by atoms with Gasteiger partial charge >= 0.3 is 5.97 Å². The first-order valence-electron chi connectivity index (χ1n) is 6.75. The summed E-state index contributed by atoms with van der Waals surface area (Å²) < 4.78 is 20.6. The van der Waals surface area contributed by atoms with E-state index in [-0.39, 0.29) is 18.0 Å². The smallest absolute Gasteiger partial charge is 0.336 e. The molecule has 0 amide bonds. The van der Waals surface area contributed by atoms with Crippen molar-refractivity contribution in [3.8, 4) is 5.75 Å². The monoisotopic (exact) mass is 299 g/mol. The Morgan fingerprint density at radius 2 is 2.05 bits per heavy atom. The number of nitrogens with zero attached hydrogens (tertiary/aromatic N) is 1. The molecule has 0 aliphatic carbocycles. The highest BCUT2D eigenvalue weighted by Gasteiger charge is 2.15. The number of aryl methyl sites for hydroxylation is 1. The van der Waals surface area contributed by atoms with Gasteiger partial charge in [0.25, 0.3) is 0 Å². The Labute approximate surface area is 126 Å². The Bertz CT molecular complexity index is 854. The Balaban J connectivity index is 1.98. The topological polar surface area (TPSA) is 51.5 Å². The van der Waals surface area contributed by atoms with Crippen molar-refractivity contribution in [1.82, 2.24) is 4.57 Å². The Morgan fingerprint density at radius 3 is 2.77 bits per heavy atom. The summed E-state index contributed by atoms with van der Waals surface area (Å²) in [6, 6.07) is 11.0. The predicted octanol–water partition coefficient (Wildman–Crippen LogP) is 3.59. The molecule has 2 aromatic carbocycles. The lowest BCUT2D eigenvalue weighted by atomic mass is 10.1. The minimum absolute atomic E-state index is 0.172. The molecule has 112 valence electrons. The van der Waals surface area contributed by atoms with Crippen LogP contribution in [0.15, 0.2) is 48.7 Å². The maximum Gasteiger partial charge on any atom is 0.336 e. The summed E-state index contributed by atoms with van der Waals surface area (Å²) in [4.78, 5) is 11.4. The van der Waals surface area contributed by atoms with Crippen molar-refractivity contribution in [2.24, 2.45) is 7.05 Å². The number of hydrogen-bond donors (Lipinski definition) is 1. The van der Waals surface area contributed by atoms with Gasteiger partial charge in [0.15, 0.2) is 0 Å². The Morgan fingerprint density at radius 1 is 1.27 bits per heavy atom. The number of hydrogen-bond acceptors (Lipinski definition) is 2. The van der Waals surface area contributed by atoms with Gasteiger partial charge in [-0.15, -0.1) is 0 Å². The second-order valence-corrected chi connectivity index (χ2v) is 5.02. The Hall–Kier alpha value is -2.82. The second kappa shape index (κ2) is 5.52. The average Bonchev–Trinajstić information content (AvgIpc) is 2.82. The number of ether oxygens (including phenoxy) is 1. The highest BCUT2D eigenvalue weighted by atomic mass is 19.1. The molecule has 0 atom stereocenters. The number of halogens is 1. The van der Waals surface area contributed by atoms with Crippen LogP contribution < -0.4 is 4.74 Å². The molecule has 4 nitrogen and oxygen atoms in total. The molecule has 0 bridgehead atoms.